The van der Waals surface area contributed by atoms with Crippen LogP contribution in [0.2, 0.25) is 0 Å². The van der Waals surface area contributed by atoms with Crippen LogP contribution < -0.4 is 5.32 Å². The molecule has 0 saturated heterocycles. The number of hydrogen-bond donors (Lipinski definition) is 3. The molecule has 1 amide bonds. The van der Waals surface area contributed by atoms with E-state index >= 15 is 0 Å². The summed E-state index contributed by atoms with van der Waals surface area (Å²) in [5.41, 5.74) is 0.657. The highest BCUT2D eigenvalue weighted by atomic mass is 16.3. The first-order valence-corrected chi connectivity index (χ1v) is 6.46. The van der Waals surface area contributed by atoms with Gasteiger partial charge in [0.25, 0.3) is 5.91 Å². The maximum absolute atomic E-state index is 12.1. The Morgan fingerprint density at radius 3 is 2.43 bits per heavy atom. The monoisotopic (exact) mass is 279 g/mol. The van der Waals surface area contributed by atoms with Gasteiger partial charge in [-0.25, -0.2) is 0 Å². The number of rotatable bonds is 2. The molecule has 0 unspecified atom stereocenters. The number of phenols is 2. The van der Waals surface area contributed by atoms with Gasteiger partial charge in [-0.2, -0.15) is 0 Å². The average molecular weight is 279 g/mol. The lowest BCUT2D eigenvalue weighted by Crippen LogP contribution is -2.11. The first-order valence-electron chi connectivity index (χ1n) is 6.46. The highest BCUT2D eigenvalue weighted by Gasteiger charge is 2.14. The zero-order chi connectivity index (χ0) is 14.8. The first kappa shape index (κ1) is 13.0. The van der Waals surface area contributed by atoms with E-state index in [-0.39, 0.29) is 11.3 Å². The minimum absolute atomic E-state index is 0.0307. The molecule has 104 valence electrons. The van der Waals surface area contributed by atoms with Crippen LogP contribution in [0.3, 0.4) is 0 Å². The van der Waals surface area contributed by atoms with E-state index in [1.165, 1.54) is 18.2 Å². The number of amides is 1. The predicted octanol–water partition coefficient (Wildman–Crippen LogP) is 3.50. The van der Waals surface area contributed by atoms with Gasteiger partial charge in [-0.15, -0.1) is 0 Å². The van der Waals surface area contributed by atoms with Crippen LogP contribution in [-0.4, -0.2) is 16.1 Å². The second-order valence-corrected chi connectivity index (χ2v) is 4.69. The molecule has 0 aliphatic rings. The third-order valence-corrected chi connectivity index (χ3v) is 3.27. The Bertz CT molecular complexity index is 827. The Labute approximate surface area is 121 Å². The van der Waals surface area contributed by atoms with Crippen LogP contribution in [0.15, 0.2) is 60.7 Å². The van der Waals surface area contributed by atoms with E-state index in [0.29, 0.717) is 5.69 Å². The van der Waals surface area contributed by atoms with Gasteiger partial charge in [0.1, 0.15) is 0 Å². The van der Waals surface area contributed by atoms with Crippen LogP contribution in [-0.2, 0) is 0 Å². The normalized spacial score (nSPS) is 10.5. The number of aromatic hydroxyl groups is 2. The van der Waals surface area contributed by atoms with E-state index in [9.17, 15) is 15.0 Å². The van der Waals surface area contributed by atoms with Crippen LogP contribution in [0.4, 0.5) is 5.69 Å². The van der Waals surface area contributed by atoms with Crippen molar-refractivity contribution in [1.29, 1.82) is 0 Å². The van der Waals surface area contributed by atoms with E-state index in [4.69, 9.17) is 0 Å². The van der Waals surface area contributed by atoms with Crippen LogP contribution >= 0.6 is 0 Å². The summed E-state index contributed by atoms with van der Waals surface area (Å²) >= 11 is 0. The predicted molar refractivity (Wildman–Crippen MR) is 81.7 cm³/mol. The molecule has 3 aromatic carbocycles. The number of phenolic OH excluding ortho intramolecular Hbond substituents is 2. The summed E-state index contributed by atoms with van der Waals surface area (Å²) in [6.45, 7) is 0. The number of fused-ring (bicyclic) bond motifs is 1. The summed E-state index contributed by atoms with van der Waals surface area (Å²) in [5.74, 6) is -1.21. The Balaban J connectivity index is 1.91. The van der Waals surface area contributed by atoms with Crippen molar-refractivity contribution in [1.82, 2.24) is 0 Å². The lowest BCUT2D eigenvalue weighted by atomic mass is 10.1. The molecular weight excluding hydrogens is 266 g/mol. The van der Waals surface area contributed by atoms with E-state index in [0.717, 1.165) is 10.8 Å². The Hall–Kier alpha value is -3.01. The highest BCUT2D eigenvalue weighted by molar-refractivity contribution is 6.07. The molecule has 3 aromatic rings. The Morgan fingerprint density at radius 2 is 1.62 bits per heavy atom. The molecule has 0 aliphatic carbocycles. The van der Waals surface area contributed by atoms with Crippen molar-refractivity contribution < 1.29 is 15.0 Å². The summed E-state index contributed by atoms with van der Waals surface area (Å²) < 4.78 is 0. The number of hydrogen-bond acceptors (Lipinski definition) is 3. The largest absolute Gasteiger partial charge is 0.504 e. The van der Waals surface area contributed by atoms with Crippen molar-refractivity contribution in [3.05, 3.63) is 66.2 Å². The fourth-order valence-electron chi connectivity index (χ4n) is 2.18. The molecule has 3 rings (SSSR count). The second-order valence-electron chi connectivity index (χ2n) is 4.69. The van der Waals surface area contributed by atoms with Gasteiger partial charge < -0.3 is 15.5 Å². The summed E-state index contributed by atoms with van der Waals surface area (Å²) in [6.07, 6.45) is 0. The summed E-state index contributed by atoms with van der Waals surface area (Å²) in [7, 11) is 0. The molecule has 0 radical (unpaired) electrons. The number of nitrogens with one attached hydrogen (secondary N) is 1. The Morgan fingerprint density at radius 1 is 0.857 bits per heavy atom. The van der Waals surface area contributed by atoms with E-state index in [2.05, 4.69) is 5.32 Å². The van der Waals surface area contributed by atoms with Crippen LogP contribution in [0.5, 0.6) is 11.5 Å². The molecule has 4 heteroatoms. The van der Waals surface area contributed by atoms with Crippen molar-refractivity contribution in [3.8, 4) is 11.5 Å². The highest BCUT2D eigenvalue weighted by Crippen LogP contribution is 2.29. The molecule has 0 heterocycles. The standard InChI is InChI=1S/C17H13NO3/c19-15-7-3-6-14(16(15)20)17(21)18-13-9-8-11-4-1-2-5-12(11)10-13/h1-10,19-20H,(H,18,21). The van der Waals surface area contributed by atoms with Gasteiger partial charge in [-0.05, 0) is 35.0 Å². The third kappa shape index (κ3) is 2.51. The lowest BCUT2D eigenvalue weighted by molar-refractivity contribution is 0.102. The van der Waals surface area contributed by atoms with Crippen LogP contribution in [0.25, 0.3) is 10.8 Å². The topological polar surface area (TPSA) is 69.6 Å². The van der Waals surface area contributed by atoms with Gasteiger partial charge in [0.15, 0.2) is 11.5 Å². The summed E-state index contributed by atoms with van der Waals surface area (Å²) in [5, 5.41) is 23.9. The molecule has 0 aliphatic heterocycles. The molecule has 0 spiro atoms. The minimum atomic E-state index is -0.473. The maximum Gasteiger partial charge on any atom is 0.259 e. The average Bonchev–Trinajstić information content (AvgIpc) is 2.50. The van der Waals surface area contributed by atoms with Crippen molar-refractivity contribution in [3.63, 3.8) is 0 Å². The van der Waals surface area contributed by atoms with Crippen molar-refractivity contribution in [2.24, 2.45) is 0 Å². The quantitative estimate of drug-likeness (QED) is 0.629. The second kappa shape index (κ2) is 5.17. The lowest BCUT2D eigenvalue weighted by Gasteiger charge is -2.08. The van der Waals surface area contributed by atoms with Crippen LogP contribution in [0, 0.1) is 0 Å². The van der Waals surface area contributed by atoms with Gasteiger partial charge in [0, 0.05) is 5.69 Å². The molecule has 0 bridgehead atoms. The molecule has 3 N–H and O–H groups in total. The van der Waals surface area contributed by atoms with Gasteiger partial charge in [0.05, 0.1) is 5.56 Å². The van der Waals surface area contributed by atoms with E-state index < -0.39 is 11.7 Å². The zero-order valence-corrected chi connectivity index (χ0v) is 11.1. The number of benzene rings is 3. The molecular formula is C17H13NO3. The van der Waals surface area contributed by atoms with Crippen molar-refractivity contribution in [2.75, 3.05) is 5.32 Å². The minimum Gasteiger partial charge on any atom is -0.504 e. The number of para-hydroxylation sites is 1. The van der Waals surface area contributed by atoms with Gasteiger partial charge in [-0.1, -0.05) is 36.4 Å². The van der Waals surface area contributed by atoms with Crippen molar-refractivity contribution >= 4 is 22.4 Å². The fraction of sp³-hybridized carbons (Fsp3) is 0. The number of carbonyl (C=O) groups excluding carboxylic acids is 1. The fourth-order valence-corrected chi connectivity index (χ4v) is 2.18. The summed E-state index contributed by atoms with van der Waals surface area (Å²) in [6, 6.07) is 17.7. The summed E-state index contributed by atoms with van der Waals surface area (Å²) in [4.78, 5) is 12.1. The van der Waals surface area contributed by atoms with E-state index in [1.807, 2.05) is 36.4 Å². The van der Waals surface area contributed by atoms with E-state index in [1.54, 1.807) is 6.07 Å². The number of carbonyl (C=O) groups is 1. The van der Waals surface area contributed by atoms with Crippen LogP contribution in [0.1, 0.15) is 10.4 Å². The number of anilines is 1. The van der Waals surface area contributed by atoms with Gasteiger partial charge in [-0.3, -0.25) is 4.79 Å². The Kier molecular flexibility index (Phi) is 3.20. The first-order chi connectivity index (χ1) is 10.1. The molecule has 21 heavy (non-hydrogen) atoms. The smallest absolute Gasteiger partial charge is 0.259 e. The van der Waals surface area contributed by atoms with Gasteiger partial charge in [0.2, 0.25) is 0 Å². The van der Waals surface area contributed by atoms with Crippen molar-refractivity contribution in [2.45, 2.75) is 0 Å². The third-order valence-electron chi connectivity index (χ3n) is 3.27. The zero-order valence-electron chi connectivity index (χ0n) is 11.1. The molecule has 0 saturated carbocycles. The van der Waals surface area contributed by atoms with Gasteiger partial charge >= 0.3 is 0 Å². The maximum atomic E-state index is 12.1. The SMILES string of the molecule is O=C(Nc1ccc2ccccc2c1)c1cccc(O)c1O. The molecule has 4 nitrogen and oxygen atoms in total. The molecule has 0 aromatic heterocycles. The molecule has 0 fully saturated rings. The molecule has 0 atom stereocenters.